The van der Waals surface area contributed by atoms with Crippen molar-refractivity contribution in [3.8, 4) is 0 Å². The van der Waals surface area contributed by atoms with Crippen LogP contribution in [0.15, 0.2) is 10.7 Å². The minimum absolute atomic E-state index is 0.0887. The van der Waals surface area contributed by atoms with Gasteiger partial charge in [-0.05, 0) is 41.3 Å². The Hall–Kier alpha value is -0.960. The summed E-state index contributed by atoms with van der Waals surface area (Å²) in [5.41, 5.74) is 0.825. The van der Waals surface area contributed by atoms with Crippen LogP contribution in [0.4, 0.5) is 0 Å². The Bertz CT molecular complexity index is 473. The molecule has 0 bridgehead atoms. The van der Waals surface area contributed by atoms with Gasteiger partial charge in [-0.25, -0.2) is 9.48 Å². The Kier molecular flexibility index (Phi) is 6.16. The zero-order valence-corrected chi connectivity index (χ0v) is 13.4. The van der Waals surface area contributed by atoms with Gasteiger partial charge in [0.15, 0.2) is 12.3 Å². The van der Waals surface area contributed by atoms with Crippen LogP contribution in [0.2, 0.25) is 0 Å². The molecule has 0 spiro atoms. The van der Waals surface area contributed by atoms with E-state index in [4.69, 9.17) is 9.47 Å². The molecule has 8 heteroatoms. The highest BCUT2D eigenvalue weighted by Gasteiger charge is 2.21. The van der Waals surface area contributed by atoms with E-state index in [-0.39, 0.29) is 19.4 Å². The molecule has 1 aromatic heterocycles. The molecular formula is C13H19BrN2O5. The van der Waals surface area contributed by atoms with Crippen LogP contribution in [0.25, 0.3) is 0 Å². The highest BCUT2D eigenvalue weighted by molar-refractivity contribution is 9.10. The fourth-order valence-corrected chi connectivity index (χ4v) is 2.59. The first-order chi connectivity index (χ1) is 10.1. The number of ether oxygens (including phenoxy) is 3. The van der Waals surface area contributed by atoms with Crippen molar-refractivity contribution in [2.24, 2.45) is 0 Å². The lowest BCUT2D eigenvalue weighted by molar-refractivity contribution is -0.154. The molecule has 0 aliphatic carbocycles. The van der Waals surface area contributed by atoms with Crippen LogP contribution in [0, 0.1) is 0 Å². The zero-order valence-electron chi connectivity index (χ0n) is 11.8. The molecule has 0 saturated carbocycles. The summed E-state index contributed by atoms with van der Waals surface area (Å²) in [4.78, 5) is 11.1. The average Bonchev–Trinajstić information content (AvgIpc) is 2.88. The number of aromatic nitrogens is 2. The fraction of sp³-hybridized carbons (Fsp3) is 0.692. The molecule has 0 aromatic carbocycles. The van der Waals surface area contributed by atoms with E-state index in [1.54, 1.807) is 4.68 Å². The summed E-state index contributed by atoms with van der Waals surface area (Å²) < 4.78 is 18.0. The number of nitrogens with zero attached hydrogens (tertiary/aromatic N) is 2. The van der Waals surface area contributed by atoms with Crippen molar-refractivity contribution in [1.82, 2.24) is 9.78 Å². The van der Waals surface area contributed by atoms with Gasteiger partial charge in [0.25, 0.3) is 0 Å². The number of esters is 1. The topological polar surface area (TPSA) is 82.8 Å². The first-order valence-electron chi connectivity index (χ1n) is 6.81. The maximum atomic E-state index is 11.1. The Balaban J connectivity index is 1.92. The van der Waals surface area contributed by atoms with E-state index in [2.05, 4.69) is 25.8 Å². The molecule has 2 heterocycles. The maximum absolute atomic E-state index is 11.1. The van der Waals surface area contributed by atoms with E-state index in [0.717, 1.165) is 31.6 Å². The molecule has 0 radical (unpaired) electrons. The monoisotopic (exact) mass is 362 g/mol. The Labute approximate surface area is 131 Å². The van der Waals surface area contributed by atoms with Crippen molar-refractivity contribution in [2.45, 2.75) is 38.2 Å². The van der Waals surface area contributed by atoms with Gasteiger partial charge in [0.1, 0.15) is 4.60 Å². The van der Waals surface area contributed by atoms with E-state index in [1.807, 2.05) is 6.07 Å². The molecule has 2 unspecified atom stereocenters. The first kappa shape index (κ1) is 16.4. The summed E-state index contributed by atoms with van der Waals surface area (Å²) in [6, 6.07) is 1.84. The van der Waals surface area contributed by atoms with Crippen molar-refractivity contribution in [3.63, 3.8) is 0 Å². The van der Waals surface area contributed by atoms with Crippen LogP contribution in [-0.2, 0) is 25.6 Å². The van der Waals surface area contributed by atoms with Crippen LogP contribution >= 0.6 is 15.9 Å². The zero-order chi connectivity index (χ0) is 15.2. The number of carbonyl (C=O) groups is 1. The standard InChI is InChI=1S/C13H19BrN2O5/c1-19-13(18)10(17)8-20-7-9-6-11(14)15-16(9)12-4-2-3-5-21-12/h6,10,12,17H,2-5,7-8H2,1H3. The molecule has 118 valence electrons. The molecular weight excluding hydrogens is 344 g/mol. The second kappa shape index (κ2) is 7.88. The predicted octanol–water partition coefficient (Wildman–Crippen LogP) is 1.40. The van der Waals surface area contributed by atoms with Gasteiger partial charge in [-0.2, -0.15) is 5.10 Å². The van der Waals surface area contributed by atoms with Gasteiger partial charge >= 0.3 is 5.97 Å². The molecule has 1 aliphatic rings. The van der Waals surface area contributed by atoms with E-state index < -0.39 is 12.1 Å². The Morgan fingerprint density at radius 2 is 2.48 bits per heavy atom. The van der Waals surface area contributed by atoms with Gasteiger partial charge < -0.3 is 19.3 Å². The third-order valence-electron chi connectivity index (χ3n) is 3.21. The first-order valence-corrected chi connectivity index (χ1v) is 7.60. The summed E-state index contributed by atoms with van der Waals surface area (Å²) in [6.07, 6.45) is 1.71. The molecule has 1 aliphatic heterocycles. The molecule has 2 rings (SSSR count). The Morgan fingerprint density at radius 3 is 3.14 bits per heavy atom. The summed E-state index contributed by atoms with van der Waals surface area (Å²) in [6.45, 7) is 0.830. The Morgan fingerprint density at radius 1 is 1.67 bits per heavy atom. The van der Waals surface area contributed by atoms with Crippen molar-refractivity contribution in [2.75, 3.05) is 20.3 Å². The number of halogens is 1. The minimum Gasteiger partial charge on any atom is -0.467 e. The van der Waals surface area contributed by atoms with Gasteiger partial charge in [-0.3, -0.25) is 0 Å². The van der Waals surface area contributed by atoms with Crippen molar-refractivity contribution < 1.29 is 24.1 Å². The summed E-state index contributed by atoms with van der Waals surface area (Å²) >= 11 is 3.34. The molecule has 7 nitrogen and oxygen atoms in total. The average molecular weight is 363 g/mol. The molecule has 0 amide bonds. The third-order valence-corrected chi connectivity index (χ3v) is 3.60. The van der Waals surface area contributed by atoms with Crippen molar-refractivity contribution in [1.29, 1.82) is 0 Å². The van der Waals surface area contributed by atoms with Gasteiger partial charge in [0.2, 0.25) is 0 Å². The third kappa shape index (κ3) is 4.50. The maximum Gasteiger partial charge on any atom is 0.337 e. The minimum atomic E-state index is -1.28. The molecule has 1 saturated heterocycles. The van der Waals surface area contributed by atoms with Gasteiger partial charge in [-0.1, -0.05) is 0 Å². The molecule has 1 N–H and O–H groups in total. The molecule has 2 atom stereocenters. The van der Waals surface area contributed by atoms with E-state index in [9.17, 15) is 9.90 Å². The van der Waals surface area contributed by atoms with E-state index in [0.29, 0.717) is 4.60 Å². The number of hydrogen-bond donors (Lipinski definition) is 1. The van der Waals surface area contributed by atoms with Gasteiger partial charge in [-0.15, -0.1) is 0 Å². The summed E-state index contributed by atoms with van der Waals surface area (Å²) in [5, 5.41) is 13.8. The highest BCUT2D eigenvalue weighted by atomic mass is 79.9. The fourth-order valence-electron chi connectivity index (χ4n) is 2.15. The number of methoxy groups -OCH3 is 1. The SMILES string of the molecule is COC(=O)C(O)COCc1cc(Br)nn1C1CCCCO1. The van der Waals surface area contributed by atoms with E-state index in [1.165, 1.54) is 7.11 Å². The number of aliphatic hydroxyl groups excluding tert-OH is 1. The van der Waals surface area contributed by atoms with Crippen molar-refractivity contribution >= 4 is 21.9 Å². The molecule has 1 aromatic rings. The van der Waals surface area contributed by atoms with Crippen LogP contribution in [0.1, 0.15) is 31.2 Å². The summed E-state index contributed by atoms with van der Waals surface area (Å²) in [7, 11) is 1.22. The number of rotatable bonds is 6. The van der Waals surface area contributed by atoms with Gasteiger partial charge in [0.05, 0.1) is 26.0 Å². The molecule has 1 fully saturated rings. The quantitative estimate of drug-likeness (QED) is 0.770. The second-order valence-corrected chi connectivity index (χ2v) is 5.59. The van der Waals surface area contributed by atoms with Crippen LogP contribution < -0.4 is 0 Å². The number of hydrogen-bond acceptors (Lipinski definition) is 6. The van der Waals surface area contributed by atoms with Crippen LogP contribution in [-0.4, -0.2) is 47.3 Å². The second-order valence-electron chi connectivity index (χ2n) is 4.78. The largest absolute Gasteiger partial charge is 0.467 e. The lowest BCUT2D eigenvalue weighted by Gasteiger charge is -2.24. The van der Waals surface area contributed by atoms with Crippen molar-refractivity contribution in [3.05, 3.63) is 16.4 Å². The normalized spacial score (nSPS) is 20.2. The number of carbonyl (C=O) groups excluding carboxylic acids is 1. The number of aliphatic hydroxyl groups is 1. The highest BCUT2D eigenvalue weighted by Crippen LogP contribution is 2.25. The van der Waals surface area contributed by atoms with Gasteiger partial charge in [0, 0.05) is 6.61 Å². The predicted molar refractivity (Wildman–Crippen MR) is 76.4 cm³/mol. The van der Waals surface area contributed by atoms with Crippen LogP contribution in [0.5, 0.6) is 0 Å². The summed E-state index contributed by atoms with van der Waals surface area (Å²) in [5.74, 6) is -0.708. The van der Waals surface area contributed by atoms with E-state index >= 15 is 0 Å². The molecule has 21 heavy (non-hydrogen) atoms. The lowest BCUT2D eigenvalue weighted by atomic mass is 10.2. The van der Waals surface area contributed by atoms with Crippen LogP contribution in [0.3, 0.4) is 0 Å². The smallest absolute Gasteiger partial charge is 0.337 e. The lowest BCUT2D eigenvalue weighted by Crippen LogP contribution is -2.27.